The normalized spacial score (nSPS) is 10.0. The van der Waals surface area contributed by atoms with Gasteiger partial charge in [0.15, 0.2) is 0 Å². The van der Waals surface area contributed by atoms with Gasteiger partial charge < -0.3 is 20.3 Å². The highest BCUT2D eigenvalue weighted by atomic mass is 16.5. The van der Waals surface area contributed by atoms with Crippen LogP contribution in [0, 0.1) is 0 Å². The number of carbonyl (C=O) groups is 1. The van der Waals surface area contributed by atoms with Crippen molar-refractivity contribution in [1.82, 2.24) is 15.0 Å². The van der Waals surface area contributed by atoms with Crippen LogP contribution in [-0.4, -0.2) is 54.2 Å². The summed E-state index contributed by atoms with van der Waals surface area (Å²) in [6.45, 7) is 8.33. The number of nitrogens with one attached hydrogen (secondary N) is 2. The summed E-state index contributed by atoms with van der Waals surface area (Å²) in [5.41, 5.74) is 0. The summed E-state index contributed by atoms with van der Waals surface area (Å²) in [4.78, 5) is 26.0. The average Bonchev–Trinajstić information content (AvgIpc) is 2.46. The Kier molecular flexibility index (Phi) is 6.48. The van der Waals surface area contributed by atoms with Gasteiger partial charge in [0.05, 0.1) is 7.11 Å². The van der Waals surface area contributed by atoms with Crippen molar-refractivity contribution in [2.75, 3.05) is 48.8 Å². The molecule has 0 atom stereocenters. The molecule has 1 aromatic heterocycles. The van der Waals surface area contributed by atoms with Gasteiger partial charge in [-0.05, 0) is 20.8 Å². The van der Waals surface area contributed by atoms with Crippen LogP contribution in [0.15, 0.2) is 0 Å². The molecule has 0 saturated heterocycles. The number of esters is 1. The molecule has 0 bridgehead atoms. The van der Waals surface area contributed by atoms with E-state index < -0.39 is 0 Å². The van der Waals surface area contributed by atoms with Crippen LogP contribution in [-0.2, 0) is 9.53 Å². The van der Waals surface area contributed by atoms with Gasteiger partial charge in [-0.2, -0.15) is 15.0 Å². The molecular formula is C12H22N6O2. The van der Waals surface area contributed by atoms with E-state index in [0.29, 0.717) is 24.4 Å². The lowest BCUT2D eigenvalue weighted by atomic mass is 10.5. The fourth-order valence-electron chi connectivity index (χ4n) is 1.55. The van der Waals surface area contributed by atoms with Gasteiger partial charge >= 0.3 is 5.97 Å². The average molecular weight is 282 g/mol. The lowest BCUT2D eigenvalue weighted by Gasteiger charge is -2.19. The highest BCUT2D eigenvalue weighted by molar-refractivity contribution is 5.74. The van der Waals surface area contributed by atoms with Gasteiger partial charge in [-0.1, -0.05) is 0 Å². The van der Waals surface area contributed by atoms with Crippen molar-refractivity contribution in [1.29, 1.82) is 0 Å². The smallest absolute Gasteiger partial charge is 0.325 e. The van der Waals surface area contributed by atoms with Crippen molar-refractivity contribution in [3.8, 4) is 0 Å². The van der Waals surface area contributed by atoms with Crippen LogP contribution in [0.3, 0.4) is 0 Å². The number of hydrogen-bond acceptors (Lipinski definition) is 8. The van der Waals surface area contributed by atoms with Crippen LogP contribution in [0.1, 0.15) is 20.8 Å². The minimum absolute atomic E-state index is 0.0176. The number of anilines is 3. The number of nitrogens with zero attached hydrogens (tertiary/aromatic N) is 4. The Morgan fingerprint density at radius 1 is 1.10 bits per heavy atom. The molecule has 0 radical (unpaired) electrons. The largest absolute Gasteiger partial charge is 0.468 e. The third kappa shape index (κ3) is 4.52. The first-order valence-electron chi connectivity index (χ1n) is 6.70. The fraction of sp³-hybridized carbons (Fsp3) is 0.667. The maximum absolute atomic E-state index is 11.1. The van der Waals surface area contributed by atoms with E-state index >= 15 is 0 Å². The summed E-state index contributed by atoms with van der Waals surface area (Å²) in [5, 5.41) is 5.88. The van der Waals surface area contributed by atoms with Gasteiger partial charge in [0.1, 0.15) is 6.54 Å². The number of rotatable bonds is 8. The second kappa shape index (κ2) is 8.13. The lowest BCUT2D eigenvalue weighted by molar-refractivity contribution is -0.138. The zero-order chi connectivity index (χ0) is 15.0. The van der Waals surface area contributed by atoms with E-state index in [1.165, 1.54) is 7.11 Å². The molecule has 0 fully saturated rings. The first kappa shape index (κ1) is 15.9. The third-order valence-electron chi connectivity index (χ3n) is 2.62. The summed E-state index contributed by atoms with van der Waals surface area (Å²) in [6.07, 6.45) is 0. The molecular weight excluding hydrogens is 260 g/mol. The molecule has 0 amide bonds. The summed E-state index contributed by atoms with van der Waals surface area (Å²) < 4.78 is 4.57. The summed E-state index contributed by atoms with van der Waals surface area (Å²) in [7, 11) is 1.34. The van der Waals surface area contributed by atoms with Gasteiger partial charge in [-0.3, -0.25) is 4.79 Å². The van der Waals surface area contributed by atoms with Gasteiger partial charge in [-0.15, -0.1) is 0 Å². The highest BCUT2D eigenvalue weighted by Crippen LogP contribution is 2.13. The number of ether oxygens (including phenoxy) is 1. The zero-order valence-electron chi connectivity index (χ0n) is 12.4. The van der Waals surface area contributed by atoms with Gasteiger partial charge in [-0.25, -0.2) is 0 Å². The van der Waals surface area contributed by atoms with E-state index in [0.717, 1.165) is 13.1 Å². The van der Waals surface area contributed by atoms with Crippen LogP contribution in [0.2, 0.25) is 0 Å². The fourth-order valence-corrected chi connectivity index (χ4v) is 1.55. The number of aromatic nitrogens is 3. The molecule has 112 valence electrons. The van der Waals surface area contributed by atoms with Crippen LogP contribution in [0.4, 0.5) is 17.8 Å². The molecule has 0 saturated carbocycles. The molecule has 20 heavy (non-hydrogen) atoms. The second-order valence-corrected chi connectivity index (χ2v) is 3.91. The molecule has 0 aliphatic carbocycles. The van der Waals surface area contributed by atoms with E-state index in [-0.39, 0.29) is 12.5 Å². The van der Waals surface area contributed by atoms with Gasteiger partial charge in [0.2, 0.25) is 17.8 Å². The Morgan fingerprint density at radius 3 is 2.20 bits per heavy atom. The molecule has 1 aromatic rings. The third-order valence-corrected chi connectivity index (χ3v) is 2.62. The summed E-state index contributed by atoms with van der Waals surface area (Å²) in [5.74, 6) is 1.04. The summed E-state index contributed by atoms with van der Waals surface area (Å²) in [6, 6.07) is 0. The van der Waals surface area contributed by atoms with Crippen molar-refractivity contribution in [3.63, 3.8) is 0 Å². The molecule has 8 heteroatoms. The second-order valence-electron chi connectivity index (χ2n) is 3.91. The topological polar surface area (TPSA) is 92.3 Å². The molecule has 8 nitrogen and oxygen atoms in total. The molecule has 0 unspecified atom stereocenters. The summed E-state index contributed by atoms with van der Waals surface area (Å²) >= 11 is 0. The van der Waals surface area contributed by atoms with Crippen LogP contribution in [0.25, 0.3) is 0 Å². The monoisotopic (exact) mass is 282 g/mol. The Bertz CT molecular complexity index is 436. The van der Waals surface area contributed by atoms with E-state index in [2.05, 4.69) is 30.3 Å². The van der Waals surface area contributed by atoms with E-state index in [4.69, 9.17) is 0 Å². The molecule has 0 spiro atoms. The molecule has 0 aliphatic heterocycles. The maximum Gasteiger partial charge on any atom is 0.325 e. The SMILES string of the molecule is CCNc1nc(NCC(=O)OC)nc(N(CC)CC)n1. The van der Waals surface area contributed by atoms with Crippen molar-refractivity contribution in [2.24, 2.45) is 0 Å². The Balaban J connectivity index is 2.94. The molecule has 2 N–H and O–H groups in total. The predicted molar refractivity (Wildman–Crippen MR) is 78.1 cm³/mol. The first-order valence-corrected chi connectivity index (χ1v) is 6.70. The molecule has 1 heterocycles. The number of methoxy groups -OCH3 is 1. The van der Waals surface area contributed by atoms with Crippen LogP contribution >= 0.6 is 0 Å². The minimum atomic E-state index is -0.375. The van der Waals surface area contributed by atoms with E-state index in [1.54, 1.807) is 0 Å². The quantitative estimate of drug-likeness (QED) is 0.674. The predicted octanol–water partition coefficient (Wildman–Crippen LogP) is 0.734. The Labute approximate surface area is 119 Å². The van der Waals surface area contributed by atoms with E-state index in [9.17, 15) is 4.79 Å². The van der Waals surface area contributed by atoms with Gasteiger partial charge in [0, 0.05) is 19.6 Å². The minimum Gasteiger partial charge on any atom is -0.468 e. The van der Waals surface area contributed by atoms with Crippen molar-refractivity contribution in [2.45, 2.75) is 20.8 Å². The zero-order valence-corrected chi connectivity index (χ0v) is 12.4. The van der Waals surface area contributed by atoms with Crippen molar-refractivity contribution in [3.05, 3.63) is 0 Å². The van der Waals surface area contributed by atoms with Crippen LogP contribution in [0.5, 0.6) is 0 Å². The highest BCUT2D eigenvalue weighted by Gasteiger charge is 2.11. The van der Waals surface area contributed by atoms with Crippen LogP contribution < -0.4 is 15.5 Å². The van der Waals surface area contributed by atoms with Gasteiger partial charge in [0.25, 0.3) is 0 Å². The van der Waals surface area contributed by atoms with Crippen molar-refractivity contribution >= 4 is 23.8 Å². The number of hydrogen-bond donors (Lipinski definition) is 2. The lowest BCUT2D eigenvalue weighted by Crippen LogP contribution is -2.26. The van der Waals surface area contributed by atoms with E-state index in [1.807, 2.05) is 25.7 Å². The number of carbonyl (C=O) groups excluding carboxylic acids is 1. The van der Waals surface area contributed by atoms with Crippen molar-refractivity contribution < 1.29 is 9.53 Å². The maximum atomic E-state index is 11.1. The molecule has 0 aromatic carbocycles. The Hall–Kier alpha value is -2.12. The molecule has 1 rings (SSSR count). The first-order chi connectivity index (χ1) is 9.64. The standard InChI is InChI=1S/C12H22N6O2/c1-5-13-10-15-11(14-8-9(19)20-4)17-12(16-10)18(6-2)7-3/h5-8H2,1-4H3,(H2,13,14,15,16,17). The molecule has 0 aliphatic rings. The Morgan fingerprint density at radius 2 is 1.70 bits per heavy atom.